The van der Waals surface area contributed by atoms with Gasteiger partial charge in [0.25, 0.3) is 5.56 Å². The first-order valence-corrected chi connectivity index (χ1v) is 14.0. The summed E-state index contributed by atoms with van der Waals surface area (Å²) in [5, 5.41) is 5.17. The lowest BCUT2D eigenvalue weighted by molar-refractivity contribution is 0.284. The Morgan fingerprint density at radius 3 is 2.55 bits per heavy atom. The van der Waals surface area contributed by atoms with Crippen LogP contribution in [0.5, 0.6) is 11.5 Å². The highest BCUT2D eigenvalue weighted by Gasteiger charge is 2.23. The number of nitrogens with zero attached hydrogens (tertiary/aromatic N) is 3. The van der Waals surface area contributed by atoms with Gasteiger partial charge >= 0.3 is 0 Å². The minimum Gasteiger partial charge on any atom is -0.493 e. The maximum absolute atomic E-state index is 13.7. The Kier molecular flexibility index (Phi) is 8.24. The molecule has 0 atom stereocenters. The van der Waals surface area contributed by atoms with Crippen molar-refractivity contribution in [3.8, 4) is 11.5 Å². The number of rotatable bonds is 7. The van der Waals surface area contributed by atoms with Crippen molar-refractivity contribution in [1.29, 1.82) is 0 Å². The summed E-state index contributed by atoms with van der Waals surface area (Å²) >= 11 is 6.99. The van der Waals surface area contributed by atoms with Crippen LogP contribution in [0.15, 0.2) is 73.4 Å². The van der Waals surface area contributed by atoms with E-state index in [2.05, 4.69) is 37.0 Å². The average molecular weight is 643 g/mol. The minimum atomic E-state index is -0.307. The van der Waals surface area contributed by atoms with Gasteiger partial charge in [-0.3, -0.25) is 4.79 Å². The zero-order valence-electron chi connectivity index (χ0n) is 20.8. The second kappa shape index (κ2) is 11.8. The first-order chi connectivity index (χ1) is 18.4. The zero-order chi connectivity index (χ0) is 26.6. The number of methoxy groups -OCH3 is 1. The van der Waals surface area contributed by atoms with Gasteiger partial charge in [0, 0.05) is 20.4 Å². The predicted octanol–water partition coefficient (Wildman–Crippen LogP) is 7.58. The standard InChI is InChI=1S/C29H26Br2FN3O3/c1-37-26-15-22(31)13-20(27(26)38-17-18-7-10-23(32)11-8-18)16-33-35-28(19-5-3-2-4-6-19)34-25-12-9-21(30)14-24(25)29(35)36/h7-16,19H,2-6,17H2,1H3. The molecule has 38 heavy (non-hydrogen) atoms. The molecule has 1 saturated carbocycles. The van der Waals surface area contributed by atoms with Gasteiger partial charge in [0.1, 0.15) is 18.2 Å². The summed E-state index contributed by atoms with van der Waals surface area (Å²) in [6, 6.07) is 15.3. The fourth-order valence-corrected chi connectivity index (χ4v) is 5.57. The SMILES string of the molecule is COc1cc(Br)cc(C=Nn2c(C3CCCCC3)nc3ccc(Br)cc3c2=O)c1OCc1ccc(F)cc1. The van der Waals surface area contributed by atoms with E-state index in [1.807, 2.05) is 18.2 Å². The number of halogens is 3. The molecule has 5 rings (SSSR count). The van der Waals surface area contributed by atoms with Crippen LogP contribution in [0, 0.1) is 5.82 Å². The Balaban J connectivity index is 1.58. The van der Waals surface area contributed by atoms with Crippen molar-refractivity contribution in [3.63, 3.8) is 0 Å². The fraction of sp³-hybridized carbons (Fsp3) is 0.276. The fourth-order valence-electron chi connectivity index (χ4n) is 4.75. The molecule has 6 nitrogen and oxygen atoms in total. The molecule has 0 aliphatic heterocycles. The van der Waals surface area contributed by atoms with Gasteiger partial charge in [-0.05, 0) is 60.9 Å². The summed E-state index contributed by atoms with van der Waals surface area (Å²) in [4.78, 5) is 18.6. The van der Waals surface area contributed by atoms with Gasteiger partial charge in [-0.25, -0.2) is 9.37 Å². The lowest BCUT2D eigenvalue weighted by Gasteiger charge is -2.23. The van der Waals surface area contributed by atoms with Gasteiger partial charge in [-0.1, -0.05) is 63.3 Å². The smallest absolute Gasteiger partial charge is 0.282 e. The Labute approximate surface area is 236 Å². The summed E-state index contributed by atoms with van der Waals surface area (Å²) in [5.41, 5.74) is 1.87. The summed E-state index contributed by atoms with van der Waals surface area (Å²) < 4.78 is 28.0. The largest absolute Gasteiger partial charge is 0.493 e. The van der Waals surface area contributed by atoms with Crippen molar-refractivity contribution in [1.82, 2.24) is 9.66 Å². The zero-order valence-corrected chi connectivity index (χ0v) is 24.0. The Bertz CT molecular complexity index is 1550. The second-order valence-electron chi connectivity index (χ2n) is 9.27. The molecule has 0 radical (unpaired) electrons. The Morgan fingerprint density at radius 2 is 1.82 bits per heavy atom. The third-order valence-electron chi connectivity index (χ3n) is 6.68. The summed E-state index contributed by atoms with van der Waals surface area (Å²) in [5.74, 6) is 1.50. The van der Waals surface area contributed by atoms with E-state index in [1.54, 1.807) is 37.6 Å². The average Bonchev–Trinajstić information content (AvgIpc) is 2.93. The third-order valence-corrected chi connectivity index (χ3v) is 7.63. The summed E-state index contributed by atoms with van der Waals surface area (Å²) in [6.45, 7) is 0.206. The Morgan fingerprint density at radius 1 is 1.05 bits per heavy atom. The van der Waals surface area contributed by atoms with Crippen LogP contribution in [0.1, 0.15) is 55.0 Å². The van der Waals surface area contributed by atoms with E-state index in [-0.39, 0.29) is 23.9 Å². The number of ether oxygens (including phenoxy) is 2. The van der Waals surface area contributed by atoms with Crippen LogP contribution < -0.4 is 15.0 Å². The Hall–Kier alpha value is -3.04. The number of fused-ring (bicyclic) bond motifs is 1. The number of hydrogen-bond acceptors (Lipinski definition) is 5. The summed E-state index contributed by atoms with van der Waals surface area (Å²) in [6.07, 6.45) is 6.95. The van der Waals surface area contributed by atoms with E-state index in [4.69, 9.17) is 14.5 Å². The topological polar surface area (TPSA) is 65.7 Å². The highest BCUT2D eigenvalue weighted by molar-refractivity contribution is 9.10. The third kappa shape index (κ3) is 5.83. The van der Waals surface area contributed by atoms with Crippen molar-refractivity contribution in [2.24, 2.45) is 5.10 Å². The minimum absolute atomic E-state index is 0.160. The maximum Gasteiger partial charge on any atom is 0.282 e. The molecular weight excluding hydrogens is 617 g/mol. The van der Waals surface area contributed by atoms with E-state index >= 15 is 0 Å². The van der Waals surface area contributed by atoms with Crippen LogP contribution in [-0.4, -0.2) is 23.0 Å². The second-order valence-corrected chi connectivity index (χ2v) is 11.1. The van der Waals surface area contributed by atoms with Gasteiger partial charge in [0.05, 0.1) is 24.2 Å². The molecule has 196 valence electrons. The molecular formula is C29H26Br2FN3O3. The van der Waals surface area contributed by atoms with E-state index < -0.39 is 0 Å². The molecule has 4 aromatic rings. The lowest BCUT2D eigenvalue weighted by Crippen LogP contribution is -2.25. The van der Waals surface area contributed by atoms with Gasteiger partial charge in [-0.15, -0.1) is 0 Å². The van der Waals surface area contributed by atoms with Crippen LogP contribution >= 0.6 is 31.9 Å². The van der Waals surface area contributed by atoms with Gasteiger partial charge < -0.3 is 9.47 Å². The molecule has 3 aromatic carbocycles. The van der Waals surface area contributed by atoms with Crippen molar-refractivity contribution >= 4 is 49.0 Å². The van der Waals surface area contributed by atoms with E-state index in [0.717, 1.165) is 40.2 Å². The molecule has 1 aromatic heterocycles. The molecule has 0 unspecified atom stereocenters. The molecule has 1 aliphatic rings. The molecule has 1 aliphatic carbocycles. The van der Waals surface area contributed by atoms with Crippen LogP contribution in [0.25, 0.3) is 10.9 Å². The van der Waals surface area contributed by atoms with Crippen LogP contribution in [0.4, 0.5) is 4.39 Å². The monoisotopic (exact) mass is 641 g/mol. The van der Waals surface area contributed by atoms with Crippen molar-refractivity contribution in [2.45, 2.75) is 44.6 Å². The van der Waals surface area contributed by atoms with Crippen molar-refractivity contribution in [2.75, 3.05) is 7.11 Å². The van der Waals surface area contributed by atoms with E-state index in [0.29, 0.717) is 33.8 Å². The molecule has 1 heterocycles. The lowest BCUT2D eigenvalue weighted by atomic mass is 9.88. The molecule has 0 saturated heterocycles. The number of benzene rings is 3. The first-order valence-electron chi connectivity index (χ1n) is 12.4. The van der Waals surface area contributed by atoms with Crippen molar-refractivity contribution < 1.29 is 13.9 Å². The molecule has 0 amide bonds. The van der Waals surface area contributed by atoms with Gasteiger partial charge in [0.2, 0.25) is 0 Å². The maximum atomic E-state index is 13.7. The van der Waals surface area contributed by atoms with Crippen LogP contribution in [-0.2, 0) is 6.61 Å². The highest BCUT2D eigenvalue weighted by Crippen LogP contribution is 2.35. The predicted molar refractivity (Wildman–Crippen MR) is 154 cm³/mol. The van der Waals surface area contributed by atoms with Crippen LogP contribution in [0.3, 0.4) is 0 Å². The van der Waals surface area contributed by atoms with E-state index in [9.17, 15) is 9.18 Å². The van der Waals surface area contributed by atoms with Gasteiger partial charge in [-0.2, -0.15) is 9.78 Å². The molecule has 1 fully saturated rings. The van der Waals surface area contributed by atoms with Crippen molar-refractivity contribution in [3.05, 3.63) is 96.7 Å². The van der Waals surface area contributed by atoms with Gasteiger partial charge in [0.15, 0.2) is 11.5 Å². The number of aromatic nitrogens is 2. The first kappa shape index (κ1) is 26.6. The number of hydrogen-bond donors (Lipinski definition) is 0. The molecule has 0 spiro atoms. The molecule has 0 N–H and O–H groups in total. The quantitative estimate of drug-likeness (QED) is 0.195. The highest BCUT2D eigenvalue weighted by atomic mass is 79.9. The van der Waals surface area contributed by atoms with Crippen LogP contribution in [0.2, 0.25) is 0 Å². The summed E-state index contributed by atoms with van der Waals surface area (Å²) in [7, 11) is 1.56. The van der Waals surface area contributed by atoms with E-state index in [1.165, 1.54) is 23.2 Å². The molecule has 9 heteroatoms. The normalized spacial score (nSPS) is 14.3. The molecule has 0 bridgehead atoms.